The van der Waals surface area contributed by atoms with E-state index in [4.69, 9.17) is 54.1 Å². The van der Waals surface area contributed by atoms with E-state index in [9.17, 15) is 18.3 Å². The monoisotopic (exact) mass is 1490 g/mol. The molecule has 0 spiro atoms. The SMILES string of the molecule is O=P(O)(O)CCCCCCCCCBr.O=P(O)(O)CCCCCCCC[n+]1ccc(-c2nc(-c3cc[n+](CCCCCCCCP(=O)(O)O)cc3)nc(-c3cc[n+](CCCCCCCCP(=O)(O)O)cc3)n2)cc1.c1ccc(-c2nc(-c3ccccc3)nc(-c3ccccc3)n2)cc1. The smallest absolute Gasteiger partial charge is 0.324 e. The molecule has 0 saturated carbocycles. The van der Waals surface area contributed by atoms with Gasteiger partial charge in [-0.3, -0.25) is 18.3 Å². The number of rotatable bonds is 42. The number of unbranched alkanes of at least 4 members (excludes halogenated alkanes) is 21. The molecule has 0 unspecified atom stereocenters. The van der Waals surface area contributed by atoms with Crippen molar-refractivity contribution in [3.63, 3.8) is 0 Å². The highest BCUT2D eigenvalue weighted by Crippen LogP contribution is 2.38. The Morgan fingerprint density at radius 3 is 0.612 bits per heavy atom. The average Bonchev–Trinajstić information content (AvgIpc) is 0.810. The lowest BCUT2D eigenvalue weighted by molar-refractivity contribution is -0.697. The molecule has 0 bridgehead atoms. The Balaban J connectivity index is 0.000000320. The molecule has 3 aromatic carbocycles. The summed E-state index contributed by atoms with van der Waals surface area (Å²) in [5.41, 5.74) is 5.57. The van der Waals surface area contributed by atoms with E-state index in [2.05, 4.69) is 44.6 Å². The molecule has 8 rings (SSSR count). The van der Waals surface area contributed by atoms with Crippen LogP contribution in [0.15, 0.2) is 165 Å². The lowest BCUT2D eigenvalue weighted by atomic mass is 10.1. The molecular formula is C72H101BrN9O12P4+3. The van der Waals surface area contributed by atoms with Crippen molar-refractivity contribution in [2.75, 3.05) is 30.0 Å². The third-order valence-corrected chi connectivity index (χ3v) is 20.4. The third kappa shape index (κ3) is 35.0. The Labute approximate surface area is 587 Å². The van der Waals surface area contributed by atoms with E-state index in [1.54, 1.807) is 0 Å². The van der Waals surface area contributed by atoms with Crippen LogP contribution in [0.5, 0.6) is 0 Å². The van der Waals surface area contributed by atoms with Crippen molar-refractivity contribution in [1.29, 1.82) is 0 Å². The molecule has 0 aliphatic rings. The summed E-state index contributed by atoms with van der Waals surface area (Å²) in [6.45, 7) is 2.59. The molecule has 0 aliphatic carbocycles. The molecule has 0 atom stereocenters. The number of benzene rings is 3. The number of aryl methyl sites for hydroxylation is 3. The lowest BCUT2D eigenvalue weighted by Gasteiger charge is -2.08. The van der Waals surface area contributed by atoms with E-state index in [1.165, 1.54) is 25.7 Å². The van der Waals surface area contributed by atoms with Crippen molar-refractivity contribution in [2.24, 2.45) is 0 Å². The maximum absolute atomic E-state index is 11.0. The number of alkyl halides is 1. The number of pyridine rings is 3. The average molecular weight is 1490 g/mol. The van der Waals surface area contributed by atoms with Gasteiger partial charge in [-0.15, -0.1) is 0 Å². The maximum Gasteiger partial charge on any atom is 0.325 e. The topological polar surface area (TPSA) is 319 Å². The molecule has 0 amide bonds. The highest BCUT2D eigenvalue weighted by Gasteiger charge is 2.19. The fraction of sp³-hybridized carbons (Fsp3) is 0.458. The van der Waals surface area contributed by atoms with Crippen LogP contribution in [0, 0.1) is 0 Å². The Morgan fingerprint density at radius 2 is 0.418 bits per heavy atom. The first-order valence-electron chi connectivity index (χ1n) is 34.5. The van der Waals surface area contributed by atoms with E-state index in [0.717, 1.165) is 167 Å². The summed E-state index contributed by atoms with van der Waals surface area (Å²) in [6, 6.07) is 42.1. The first-order chi connectivity index (χ1) is 47.1. The Bertz CT molecular complexity index is 3350. The van der Waals surface area contributed by atoms with Crippen LogP contribution in [-0.2, 0) is 37.9 Å². The molecule has 5 heterocycles. The molecular weight excluding hydrogens is 1390 g/mol. The van der Waals surface area contributed by atoms with Crippen molar-refractivity contribution < 1.29 is 71.1 Å². The van der Waals surface area contributed by atoms with Crippen LogP contribution in [0.25, 0.3) is 68.3 Å². The summed E-state index contributed by atoms with van der Waals surface area (Å²) >= 11 is 3.38. The first-order valence-corrected chi connectivity index (χ1v) is 42.8. The minimum Gasteiger partial charge on any atom is -0.324 e. The first kappa shape index (κ1) is 81.2. The summed E-state index contributed by atoms with van der Waals surface area (Å²) in [5.74, 6) is 3.78. The Hall–Kier alpha value is -5.79. The van der Waals surface area contributed by atoms with Crippen LogP contribution in [-0.4, -0.2) is 99.0 Å². The predicted molar refractivity (Wildman–Crippen MR) is 390 cm³/mol. The fourth-order valence-corrected chi connectivity index (χ4v) is 13.7. The number of aromatic nitrogens is 9. The van der Waals surface area contributed by atoms with Gasteiger partial charge in [-0.25, -0.2) is 43.6 Å². The quantitative estimate of drug-likeness (QED) is 0.00763. The van der Waals surface area contributed by atoms with Crippen LogP contribution >= 0.6 is 46.3 Å². The normalized spacial score (nSPS) is 11.8. The van der Waals surface area contributed by atoms with Crippen LogP contribution in [0.1, 0.15) is 161 Å². The maximum atomic E-state index is 11.0. The van der Waals surface area contributed by atoms with E-state index in [0.29, 0.717) is 60.6 Å². The number of hydrogen-bond donors (Lipinski definition) is 8. The van der Waals surface area contributed by atoms with Gasteiger partial charge in [-0.1, -0.05) is 197 Å². The molecule has 0 radical (unpaired) electrons. The van der Waals surface area contributed by atoms with Gasteiger partial charge in [0.15, 0.2) is 72.1 Å². The van der Waals surface area contributed by atoms with Crippen LogP contribution in [0.2, 0.25) is 0 Å². The molecule has 26 heteroatoms. The number of halogens is 1. The molecule has 5 aromatic heterocycles. The predicted octanol–water partition coefficient (Wildman–Crippen LogP) is 15.5. The third-order valence-electron chi connectivity index (χ3n) is 16.2. The van der Waals surface area contributed by atoms with E-state index in [-0.39, 0.29) is 24.6 Å². The van der Waals surface area contributed by atoms with Gasteiger partial charge in [0, 0.05) is 119 Å². The van der Waals surface area contributed by atoms with E-state index in [1.807, 2.05) is 165 Å². The van der Waals surface area contributed by atoms with Crippen molar-refractivity contribution in [3.05, 3.63) is 165 Å². The van der Waals surface area contributed by atoms with Gasteiger partial charge >= 0.3 is 30.4 Å². The van der Waals surface area contributed by atoms with Crippen molar-refractivity contribution in [2.45, 2.75) is 180 Å². The van der Waals surface area contributed by atoms with Gasteiger partial charge in [0.1, 0.15) is 19.6 Å². The van der Waals surface area contributed by atoms with Crippen molar-refractivity contribution in [3.8, 4) is 68.3 Å². The van der Waals surface area contributed by atoms with Crippen molar-refractivity contribution >= 4 is 46.3 Å². The van der Waals surface area contributed by atoms with Gasteiger partial charge in [-0.05, 0) is 51.4 Å². The highest BCUT2D eigenvalue weighted by atomic mass is 79.9. The summed E-state index contributed by atoms with van der Waals surface area (Å²) in [4.78, 5) is 100. The zero-order valence-electron chi connectivity index (χ0n) is 56.3. The molecule has 8 aromatic rings. The van der Waals surface area contributed by atoms with Crippen molar-refractivity contribution in [1.82, 2.24) is 29.9 Å². The highest BCUT2D eigenvalue weighted by molar-refractivity contribution is 9.09. The van der Waals surface area contributed by atoms with Gasteiger partial charge < -0.3 is 39.1 Å². The summed E-state index contributed by atoms with van der Waals surface area (Å²) < 4.78 is 50.0. The molecule has 21 nitrogen and oxygen atoms in total. The van der Waals surface area contributed by atoms with Gasteiger partial charge in [-0.2, -0.15) is 0 Å². The molecule has 8 N–H and O–H groups in total. The van der Waals surface area contributed by atoms with Crippen LogP contribution in [0.4, 0.5) is 0 Å². The second kappa shape index (κ2) is 44.5. The molecule has 0 saturated heterocycles. The largest absolute Gasteiger partial charge is 0.325 e. The van der Waals surface area contributed by atoms with Crippen LogP contribution in [0.3, 0.4) is 0 Å². The second-order valence-corrected chi connectivity index (χ2v) is 32.7. The molecule has 530 valence electrons. The standard InChI is InChI=1S/C42H63N6O9P3.C21H15N3.C9H20BrO3P/c49-58(50,51)34-16-10-4-1-7-13-25-46-28-19-37(20-29-46)40-43-41(38-21-30-47(31-22-38)26-14-8-2-5-11-17-35-59(52,53)54)45-42(44-40)39-23-32-48(33-24-39)27-15-9-3-6-12-18-36-60(55,56)57;1-4-10-16(11-5-1)19-22-20(17-12-6-2-7-13-17)24-21(23-19)18-14-8-3-9-15-18;10-8-6-4-2-1-3-5-7-9-14(11,12)13/h19-24,28-33H,1-18,25-27,34-36H2,(H3-3,49,50,51,52,53,54,55,56,57);1-15H;1-9H2,(H2,11,12,13)/p+3. The molecule has 98 heavy (non-hydrogen) atoms. The minimum atomic E-state index is -3.90. The number of nitrogens with zero attached hydrogens (tertiary/aromatic N) is 9. The Morgan fingerprint density at radius 1 is 0.245 bits per heavy atom. The van der Waals surface area contributed by atoms with Gasteiger partial charge in [0.25, 0.3) is 0 Å². The Kier molecular flexibility index (Phi) is 36.8. The van der Waals surface area contributed by atoms with E-state index >= 15 is 0 Å². The van der Waals surface area contributed by atoms with Gasteiger partial charge in [0.05, 0.1) is 0 Å². The fourth-order valence-electron chi connectivity index (χ4n) is 10.8. The van der Waals surface area contributed by atoms with E-state index < -0.39 is 30.4 Å². The zero-order valence-corrected chi connectivity index (χ0v) is 61.5. The molecule has 0 fully saturated rings. The summed E-state index contributed by atoms with van der Waals surface area (Å²) in [7, 11) is -15.4. The van der Waals surface area contributed by atoms with Crippen LogP contribution < -0.4 is 13.7 Å². The minimum absolute atomic E-state index is 0.0366. The lowest BCUT2D eigenvalue weighted by Crippen LogP contribution is -2.32. The summed E-state index contributed by atoms with van der Waals surface area (Å²) in [5, 5.41) is 1.07. The summed E-state index contributed by atoms with van der Waals surface area (Å²) in [6.07, 6.45) is 36.1. The second-order valence-electron chi connectivity index (χ2n) is 24.8. The number of hydrogen-bond acceptors (Lipinski definition) is 10. The zero-order chi connectivity index (χ0) is 70.3. The molecule has 0 aliphatic heterocycles. The van der Waals surface area contributed by atoms with Gasteiger partial charge in [0.2, 0.25) is 0 Å².